The van der Waals surface area contributed by atoms with Gasteiger partial charge < -0.3 is 14.2 Å². The first-order chi connectivity index (χ1) is 16.1. The van der Waals surface area contributed by atoms with Crippen molar-refractivity contribution in [2.45, 2.75) is 19.8 Å². The van der Waals surface area contributed by atoms with E-state index in [0.717, 1.165) is 11.1 Å². The molecule has 0 spiro atoms. The van der Waals surface area contributed by atoms with Gasteiger partial charge >= 0.3 is 11.9 Å². The van der Waals surface area contributed by atoms with Crippen molar-refractivity contribution < 1.29 is 23.8 Å². The SMILES string of the molecule is CCOc1cc(/C=C2/N=C(Cc3ccccc3)OC2=O)ccc1OC(=O)Cc1ccccc1. The monoisotopic (exact) mass is 441 g/mol. The Morgan fingerprint density at radius 3 is 2.33 bits per heavy atom. The van der Waals surface area contributed by atoms with Gasteiger partial charge in [-0.2, -0.15) is 0 Å². The largest absolute Gasteiger partial charge is 0.490 e. The van der Waals surface area contributed by atoms with Crippen LogP contribution in [0.4, 0.5) is 0 Å². The molecular formula is C27H23NO5. The highest BCUT2D eigenvalue weighted by Crippen LogP contribution is 2.30. The summed E-state index contributed by atoms with van der Waals surface area (Å²) in [5, 5.41) is 0. The van der Waals surface area contributed by atoms with Gasteiger partial charge in [0.2, 0.25) is 5.90 Å². The number of hydrogen-bond donors (Lipinski definition) is 0. The lowest BCUT2D eigenvalue weighted by atomic mass is 10.1. The molecule has 4 rings (SSSR count). The van der Waals surface area contributed by atoms with Crippen molar-refractivity contribution in [1.29, 1.82) is 0 Å². The molecule has 0 saturated heterocycles. The van der Waals surface area contributed by atoms with Crippen LogP contribution >= 0.6 is 0 Å². The fraction of sp³-hybridized carbons (Fsp3) is 0.148. The van der Waals surface area contributed by atoms with E-state index in [1.807, 2.05) is 67.6 Å². The minimum absolute atomic E-state index is 0.156. The predicted molar refractivity (Wildman–Crippen MR) is 125 cm³/mol. The lowest BCUT2D eigenvalue weighted by Gasteiger charge is -2.11. The van der Waals surface area contributed by atoms with Crippen molar-refractivity contribution in [2.75, 3.05) is 6.61 Å². The molecule has 6 nitrogen and oxygen atoms in total. The van der Waals surface area contributed by atoms with Crippen LogP contribution < -0.4 is 9.47 Å². The maximum absolute atomic E-state index is 12.4. The Labute approximate surface area is 192 Å². The zero-order valence-corrected chi connectivity index (χ0v) is 18.2. The summed E-state index contributed by atoms with van der Waals surface area (Å²) in [5.41, 5.74) is 2.76. The molecule has 0 radical (unpaired) electrons. The zero-order chi connectivity index (χ0) is 23.0. The van der Waals surface area contributed by atoms with Gasteiger partial charge in [0.05, 0.1) is 13.0 Å². The topological polar surface area (TPSA) is 74.2 Å². The molecule has 6 heteroatoms. The van der Waals surface area contributed by atoms with Crippen LogP contribution in [0.25, 0.3) is 6.08 Å². The molecule has 0 atom stereocenters. The van der Waals surface area contributed by atoms with Crippen LogP contribution in [-0.2, 0) is 27.2 Å². The van der Waals surface area contributed by atoms with E-state index in [0.29, 0.717) is 36.0 Å². The van der Waals surface area contributed by atoms with Gasteiger partial charge in [-0.1, -0.05) is 66.7 Å². The standard InChI is InChI=1S/C27H23NO5/c1-2-31-24-16-21(13-14-23(24)32-26(29)18-20-11-7-4-8-12-20)15-22-27(30)33-25(28-22)17-19-9-5-3-6-10-19/h3-16H,2,17-18H2,1H3/b22-15+. The van der Waals surface area contributed by atoms with E-state index in [1.165, 1.54) is 0 Å². The Morgan fingerprint density at radius 2 is 1.64 bits per heavy atom. The maximum atomic E-state index is 12.4. The average Bonchev–Trinajstić information content (AvgIpc) is 3.15. The van der Waals surface area contributed by atoms with Crippen molar-refractivity contribution in [1.82, 2.24) is 0 Å². The molecule has 0 amide bonds. The van der Waals surface area contributed by atoms with E-state index in [4.69, 9.17) is 14.2 Å². The van der Waals surface area contributed by atoms with Crippen molar-refractivity contribution in [3.63, 3.8) is 0 Å². The smallest absolute Gasteiger partial charge is 0.363 e. The summed E-state index contributed by atoms with van der Waals surface area (Å²) in [5.74, 6) is 0.198. The zero-order valence-electron chi connectivity index (χ0n) is 18.2. The van der Waals surface area contributed by atoms with Crippen LogP contribution in [0.3, 0.4) is 0 Å². The third kappa shape index (κ3) is 5.95. The first-order valence-electron chi connectivity index (χ1n) is 10.7. The number of rotatable bonds is 8. The number of aliphatic imine (C=N–C) groups is 1. The number of ether oxygens (including phenoxy) is 3. The Balaban J connectivity index is 1.50. The number of benzene rings is 3. The first kappa shape index (κ1) is 22.0. The normalized spacial score (nSPS) is 14.0. The first-order valence-corrected chi connectivity index (χ1v) is 10.7. The van der Waals surface area contributed by atoms with Crippen LogP contribution in [0.1, 0.15) is 23.6 Å². The summed E-state index contributed by atoms with van der Waals surface area (Å²) in [4.78, 5) is 29.0. The fourth-order valence-corrected chi connectivity index (χ4v) is 3.35. The number of esters is 2. The molecule has 3 aromatic carbocycles. The van der Waals surface area contributed by atoms with Crippen LogP contribution in [0, 0.1) is 0 Å². The van der Waals surface area contributed by atoms with E-state index < -0.39 is 5.97 Å². The molecule has 0 N–H and O–H groups in total. The van der Waals surface area contributed by atoms with E-state index in [-0.39, 0.29) is 18.1 Å². The van der Waals surface area contributed by atoms with Gasteiger partial charge in [-0.3, -0.25) is 4.79 Å². The lowest BCUT2D eigenvalue weighted by Crippen LogP contribution is -2.12. The highest BCUT2D eigenvalue weighted by molar-refractivity contribution is 6.07. The van der Waals surface area contributed by atoms with Gasteiger partial charge in [-0.25, -0.2) is 9.79 Å². The molecule has 3 aromatic rings. The Bertz CT molecular complexity index is 1200. The summed E-state index contributed by atoms with van der Waals surface area (Å²) in [6.45, 7) is 2.24. The molecule has 0 unspecified atom stereocenters. The summed E-state index contributed by atoms with van der Waals surface area (Å²) in [6.07, 6.45) is 2.21. The third-order valence-corrected chi connectivity index (χ3v) is 4.85. The number of carbonyl (C=O) groups is 2. The number of cyclic esters (lactones) is 1. The third-order valence-electron chi connectivity index (χ3n) is 4.85. The molecule has 0 saturated carbocycles. The fourth-order valence-electron chi connectivity index (χ4n) is 3.35. The average molecular weight is 441 g/mol. The second-order valence-corrected chi connectivity index (χ2v) is 7.36. The summed E-state index contributed by atoms with van der Waals surface area (Å²) in [7, 11) is 0. The number of carbonyl (C=O) groups excluding carboxylic acids is 2. The quantitative estimate of drug-likeness (QED) is 0.286. The second-order valence-electron chi connectivity index (χ2n) is 7.36. The summed E-state index contributed by atoms with van der Waals surface area (Å²) >= 11 is 0. The van der Waals surface area contributed by atoms with Gasteiger partial charge in [0.15, 0.2) is 17.2 Å². The van der Waals surface area contributed by atoms with Gasteiger partial charge in [-0.15, -0.1) is 0 Å². The number of nitrogens with zero attached hydrogens (tertiary/aromatic N) is 1. The summed E-state index contributed by atoms with van der Waals surface area (Å²) < 4.78 is 16.5. The molecule has 0 bridgehead atoms. The van der Waals surface area contributed by atoms with Gasteiger partial charge in [0, 0.05) is 6.42 Å². The van der Waals surface area contributed by atoms with E-state index in [9.17, 15) is 9.59 Å². The molecule has 33 heavy (non-hydrogen) atoms. The molecule has 1 aliphatic rings. The Hall–Kier alpha value is -4.19. The van der Waals surface area contributed by atoms with Crippen LogP contribution in [0.15, 0.2) is 89.6 Å². The van der Waals surface area contributed by atoms with E-state index in [1.54, 1.807) is 24.3 Å². The van der Waals surface area contributed by atoms with E-state index >= 15 is 0 Å². The Morgan fingerprint density at radius 1 is 0.939 bits per heavy atom. The van der Waals surface area contributed by atoms with Gasteiger partial charge in [0.1, 0.15) is 0 Å². The van der Waals surface area contributed by atoms with Crippen molar-refractivity contribution in [3.05, 3.63) is 101 Å². The molecule has 1 heterocycles. The molecular weight excluding hydrogens is 418 g/mol. The highest BCUT2D eigenvalue weighted by Gasteiger charge is 2.23. The van der Waals surface area contributed by atoms with Crippen LogP contribution in [0.2, 0.25) is 0 Å². The summed E-state index contributed by atoms with van der Waals surface area (Å²) in [6, 6.07) is 24.1. The van der Waals surface area contributed by atoms with Crippen molar-refractivity contribution in [2.24, 2.45) is 4.99 Å². The molecule has 0 aromatic heterocycles. The van der Waals surface area contributed by atoms with Gasteiger partial charge in [-0.05, 0) is 41.8 Å². The maximum Gasteiger partial charge on any atom is 0.363 e. The molecule has 166 valence electrons. The van der Waals surface area contributed by atoms with Crippen molar-refractivity contribution in [3.8, 4) is 11.5 Å². The highest BCUT2D eigenvalue weighted by atomic mass is 16.6. The number of hydrogen-bond acceptors (Lipinski definition) is 6. The van der Waals surface area contributed by atoms with Crippen LogP contribution in [-0.4, -0.2) is 24.4 Å². The minimum Gasteiger partial charge on any atom is -0.490 e. The Kier molecular flexibility index (Phi) is 6.95. The van der Waals surface area contributed by atoms with Gasteiger partial charge in [0.25, 0.3) is 0 Å². The lowest BCUT2D eigenvalue weighted by molar-refractivity contribution is -0.133. The van der Waals surface area contributed by atoms with Crippen LogP contribution in [0.5, 0.6) is 11.5 Å². The second kappa shape index (κ2) is 10.4. The van der Waals surface area contributed by atoms with Crippen molar-refractivity contribution >= 4 is 23.9 Å². The molecule has 1 aliphatic heterocycles. The minimum atomic E-state index is -0.503. The molecule has 0 aliphatic carbocycles. The molecule has 0 fully saturated rings. The van der Waals surface area contributed by atoms with E-state index in [2.05, 4.69) is 4.99 Å². The predicted octanol–water partition coefficient (Wildman–Crippen LogP) is 4.77.